The molecular weight excluding hydrogens is 729 g/mol. The Kier molecular flexibility index (Phi) is 43.4. The molecule has 1 N–H and O–H groups in total. The summed E-state index contributed by atoms with van der Waals surface area (Å²) in [7, 11) is 0. The number of nitrogens with zero attached hydrogens (tertiary/aromatic N) is 1. The maximum atomic E-state index is 14.4. The van der Waals surface area contributed by atoms with Gasteiger partial charge in [0, 0.05) is 29.8 Å². The summed E-state index contributed by atoms with van der Waals surface area (Å²) < 4.78 is 0. The fraction of sp³-hybridized carbons (Fsp3) is 0.811. The van der Waals surface area contributed by atoms with E-state index in [0.29, 0.717) is 12.1 Å². The van der Waals surface area contributed by atoms with E-state index < -0.39 is 0 Å². The smallest absolute Gasteiger partial charge is 0.258 e. The Morgan fingerprint density at radius 1 is 0.586 bits per heavy atom. The van der Waals surface area contributed by atoms with Crippen LogP contribution < -0.4 is 5.32 Å². The Labute approximate surface area is 367 Å². The van der Waals surface area contributed by atoms with Crippen molar-refractivity contribution in [3.63, 3.8) is 0 Å². The first-order chi connectivity index (χ1) is 28.5. The molecule has 1 atom stereocenters. The van der Waals surface area contributed by atoms with E-state index in [1.54, 1.807) is 17.8 Å². The molecule has 0 aliphatic carbocycles. The van der Waals surface area contributed by atoms with E-state index in [2.05, 4.69) is 52.6 Å². The number of unbranched alkanes of at least 4 members (excludes halogenated alkanes) is 26. The van der Waals surface area contributed by atoms with Crippen LogP contribution in [0.2, 0.25) is 0 Å². The minimum atomic E-state index is -0.0372. The number of aldehydes is 1. The second kappa shape index (κ2) is 44.8. The summed E-state index contributed by atoms with van der Waals surface area (Å²) in [5, 5.41) is 3.48. The topological polar surface area (TPSA) is 49.4 Å². The quantitative estimate of drug-likeness (QED) is 0.0288. The lowest BCUT2D eigenvalue weighted by molar-refractivity contribution is -0.124. The summed E-state index contributed by atoms with van der Waals surface area (Å²) in [6.07, 6.45) is 52.6. The van der Waals surface area contributed by atoms with Gasteiger partial charge in [0.25, 0.3) is 5.91 Å². The Bertz CT molecular complexity index is 1030. The lowest BCUT2D eigenvalue weighted by Crippen LogP contribution is -2.33. The third kappa shape index (κ3) is 34.0. The predicted octanol–water partition coefficient (Wildman–Crippen LogP) is 17.2. The Hall–Kier alpha value is -1.75. The molecule has 0 rings (SSSR count). The van der Waals surface area contributed by atoms with Crippen molar-refractivity contribution in [3.8, 4) is 0 Å². The van der Waals surface area contributed by atoms with Crippen LogP contribution in [0.1, 0.15) is 253 Å². The largest absolute Gasteiger partial charge is 0.389 e. The third-order valence-electron chi connectivity index (χ3n) is 11.8. The molecule has 0 aromatic carbocycles. The summed E-state index contributed by atoms with van der Waals surface area (Å²) in [6, 6.07) is 0. The van der Waals surface area contributed by atoms with Gasteiger partial charge in [-0.05, 0) is 49.5 Å². The number of hydrogen-bond acceptors (Lipinski definition) is 4. The van der Waals surface area contributed by atoms with E-state index in [-0.39, 0.29) is 5.91 Å². The van der Waals surface area contributed by atoms with Crippen molar-refractivity contribution in [2.75, 3.05) is 18.8 Å². The molecule has 0 spiro atoms. The molecule has 58 heavy (non-hydrogen) atoms. The van der Waals surface area contributed by atoms with E-state index >= 15 is 0 Å². The molecule has 338 valence electrons. The molecule has 0 saturated carbocycles. The predicted molar refractivity (Wildman–Crippen MR) is 262 cm³/mol. The van der Waals surface area contributed by atoms with Crippen LogP contribution in [-0.2, 0) is 9.59 Å². The highest BCUT2D eigenvalue weighted by Crippen LogP contribution is 2.30. The molecular formula is C53H98N2O2S. The van der Waals surface area contributed by atoms with E-state index in [9.17, 15) is 9.59 Å². The lowest BCUT2D eigenvalue weighted by atomic mass is 9.90. The summed E-state index contributed by atoms with van der Waals surface area (Å²) in [5.41, 5.74) is 1.34. The zero-order valence-corrected chi connectivity index (χ0v) is 40.3. The summed E-state index contributed by atoms with van der Waals surface area (Å²) >= 11 is 1.75. The fourth-order valence-corrected chi connectivity index (χ4v) is 8.81. The minimum Gasteiger partial charge on any atom is -0.389 e. The zero-order valence-electron chi connectivity index (χ0n) is 39.5. The van der Waals surface area contributed by atoms with E-state index in [1.807, 2.05) is 11.1 Å². The van der Waals surface area contributed by atoms with Crippen molar-refractivity contribution in [3.05, 3.63) is 47.2 Å². The first-order valence-corrected chi connectivity index (χ1v) is 26.4. The second-order valence-corrected chi connectivity index (χ2v) is 18.5. The number of amides is 1. The van der Waals surface area contributed by atoms with Crippen molar-refractivity contribution < 1.29 is 9.59 Å². The van der Waals surface area contributed by atoms with Gasteiger partial charge in [0.1, 0.15) is 6.29 Å². The van der Waals surface area contributed by atoms with Crippen LogP contribution in [0.25, 0.3) is 0 Å². The summed E-state index contributed by atoms with van der Waals surface area (Å²) in [6.45, 7) is 17.2. The zero-order chi connectivity index (χ0) is 42.6. The molecule has 0 radical (unpaired) electrons. The number of nitrogens with one attached hydrogen (secondary N) is 1. The summed E-state index contributed by atoms with van der Waals surface area (Å²) in [4.78, 5) is 28.9. The van der Waals surface area contributed by atoms with Gasteiger partial charge in [0.05, 0.1) is 5.70 Å². The molecule has 4 nitrogen and oxygen atoms in total. The Morgan fingerprint density at radius 2 is 1.02 bits per heavy atom. The normalized spacial score (nSPS) is 12.7. The number of hydrogen-bond donors (Lipinski definition) is 1. The molecule has 0 bridgehead atoms. The van der Waals surface area contributed by atoms with E-state index in [4.69, 9.17) is 0 Å². The van der Waals surface area contributed by atoms with Gasteiger partial charge in [0.15, 0.2) is 0 Å². The van der Waals surface area contributed by atoms with Crippen LogP contribution in [0, 0.1) is 5.92 Å². The van der Waals surface area contributed by atoms with Gasteiger partial charge in [-0.15, -0.1) is 11.8 Å². The molecule has 5 heteroatoms. The third-order valence-corrected chi connectivity index (χ3v) is 12.8. The molecule has 0 aliphatic heterocycles. The minimum absolute atomic E-state index is 0.0372. The van der Waals surface area contributed by atoms with Gasteiger partial charge in [0.2, 0.25) is 0 Å². The molecule has 0 aliphatic rings. The second-order valence-electron chi connectivity index (χ2n) is 17.2. The fourth-order valence-electron chi connectivity index (χ4n) is 8.00. The first kappa shape index (κ1) is 56.2. The number of carbonyl (C=O) groups excluding carboxylic acids is 2. The molecule has 0 aromatic heterocycles. The maximum Gasteiger partial charge on any atom is 0.258 e. The lowest BCUT2D eigenvalue weighted by Gasteiger charge is -2.26. The number of thioether (sulfide) groups is 1. The van der Waals surface area contributed by atoms with Crippen molar-refractivity contribution in [2.45, 2.75) is 253 Å². The van der Waals surface area contributed by atoms with Crippen LogP contribution in [0.3, 0.4) is 0 Å². The van der Waals surface area contributed by atoms with Crippen LogP contribution in [-0.4, -0.2) is 35.9 Å². The maximum absolute atomic E-state index is 14.4. The molecule has 0 fully saturated rings. The average molecular weight is 827 g/mol. The molecule has 1 amide bonds. The van der Waals surface area contributed by atoms with Crippen molar-refractivity contribution in [1.29, 1.82) is 0 Å². The standard InChI is InChI=1S/C53H98N2O2S/c1-7-12-16-20-24-26-27-29-31-35-41-50(40-34-30-28-25-21-17-13-8-2)42-38-44-52(58-11-5)49(6)53(57)55(46-37-33-23-19-15-10-4)51(43-39-47-56)48-54-45-36-32-22-18-14-9-3/h39,43-44,47-48,50,54H,6-38,40-42,45-46H2,1-5H3/b43-39-,51-48+,52-44-. The van der Waals surface area contributed by atoms with Gasteiger partial charge in [-0.2, -0.15) is 0 Å². The van der Waals surface area contributed by atoms with Gasteiger partial charge in [-0.3, -0.25) is 9.59 Å². The van der Waals surface area contributed by atoms with Crippen LogP contribution >= 0.6 is 11.8 Å². The molecule has 0 heterocycles. The highest BCUT2D eigenvalue weighted by Gasteiger charge is 2.22. The van der Waals surface area contributed by atoms with Crippen LogP contribution in [0.4, 0.5) is 0 Å². The Balaban J connectivity index is 5.72. The monoisotopic (exact) mass is 827 g/mol. The van der Waals surface area contributed by atoms with Crippen molar-refractivity contribution in [1.82, 2.24) is 10.2 Å². The van der Waals surface area contributed by atoms with Crippen LogP contribution in [0.15, 0.2) is 47.2 Å². The van der Waals surface area contributed by atoms with Gasteiger partial charge >= 0.3 is 0 Å². The highest BCUT2D eigenvalue weighted by atomic mass is 32.2. The molecule has 0 saturated heterocycles. The van der Waals surface area contributed by atoms with Crippen molar-refractivity contribution in [2.24, 2.45) is 5.92 Å². The SMILES string of the molecule is C=C(C(=O)N(CCCCCCCC)C(/C=C\C=O)=C/NCCCCCCCC)/C(=C/CCC(CCCCCCCCCC)CCCCCCCCCCCC)SCC. The van der Waals surface area contributed by atoms with E-state index in [0.717, 1.165) is 60.8 Å². The molecule has 1 unspecified atom stereocenters. The first-order valence-electron chi connectivity index (χ1n) is 25.4. The number of rotatable bonds is 45. The Morgan fingerprint density at radius 3 is 1.47 bits per heavy atom. The van der Waals surface area contributed by atoms with Gasteiger partial charge < -0.3 is 10.2 Å². The molecule has 0 aromatic rings. The highest BCUT2D eigenvalue weighted by molar-refractivity contribution is 8.03. The van der Waals surface area contributed by atoms with Gasteiger partial charge in [-0.25, -0.2) is 0 Å². The average Bonchev–Trinajstić information content (AvgIpc) is 3.23. The van der Waals surface area contributed by atoms with Crippen LogP contribution in [0.5, 0.6) is 0 Å². The van der Waals surface area contributed by atoms with Gasteiger partial charge in [-0.1, -0.05) is 240 Å². The summed E-state index contributed by atoms with van der Waals surface area (Å²) in [5.74, 6) is 1.63. The number of carbonyl (C=O) groups is 2. The number of allylic oxidation sites excluding steroid dienone is 3. The van der Waals surface area contributed by atoms with E-state index in [1.165, 1.54) is 199 Å². The van der Waals surface area contributed by atoms with Crippen molar-refractivity contribution >= 4 is 24.0 Å².